The van der Waals surface area contributed by atoms with E-state index in [1.165, 1.54) is 0 Å². The lowest BCUT2D eigenvalue weighted by atomic mass is 10.2. The summed E-state index contributed by atoms with van der Waals surface area (Å²) in [5.74, 6) is 0. The third-order valence-corrected chi connectivity index (χ3v) is 2.71. The van der Waals surface area contributed by atoms with Crippen LogP contribution in [0.4, 0.5) is 11.4 Å². The van der Waals surface area contributed by atoms with Crippen LogP contribution >= 0.6 is 15.9 Å². The molecule has 0 saturated carbocycles. The molecule has 0 saturated heterocycles. The van der Waals surface area contributed by atoms with Crippen LogP contribution in [0.25, 0.3) is 0 Å². The molecule has 0 aromatic heterocycles. The Balaban J connectivity index is 2.53. The van der Waals surface area contributed by atoms with Crippen LogP contribution in [-0.4, -0.2) is 33.5 Å². The molecule has 5 heteroatoms. The van der Waals surface area contributed by atoms with Crippen molar-refractivity contribution in [2.45, 2.75) is 6.10 Å². The van der Waals surface area contributed by atoms with Crippen molar-refractivity contribution in [3.8, 4) is 0 Å². The van der Waals surface area contributed by atoms with Crippen molar-refractivity contribution in [2.75, 3.05) is 38.4 Å². The normalized spacial score (nSPS) is 12.4. The number of benzene rings is 1. The molecule has 4 nitrogen and oxygen atoms in total. The fourth-order valence-electron chi connectivity index (χ4n) is 1.31. The number of anilines is 2. The number of nitrogen functional groups attached to an aromatic ring is 1. The first-order chi connectivity index (χ1) is 7.67. The van der Waals surface area contributed by atoms with E-state index in [1.807, 2.05) is 18.2 Å². The molecule has 0 aliphatic heterocycles. The van der Waals surface area contributed by atoms with Gasteiger partial charge in [-0.25, -0.2) is 0 Å². The molecule has 0 aliphatic rings. The first-order valence-electron chi connectivity index (χ1n) is 4.98. The fraction of sp³-hybridized carbons (Fsp3) is 0.455. The Morgan fingerprint density at radius 3 is 2.75 bits per heavy atom. The van der Waals surface area contributed by atoms with Crippen LogP contribution < -0.4 is 11.1 Å². The predicted molar refractivity (Wildman–Crippen MR) is 69.7 cm³/mol. The Bertz CT molecular complexity index is 334. The summed E-state index contributed by atoms with van der Waals surface area (Å²) in [5.41, 5.74) is 7.47. The zero-order chi connectivity index (χ0) is 12.0. The average Bonchev–Trinajstić information content (AvgIpc) is 2.26. The van der Waals surface area contributed by atoms with Crippen LogP contribution in [0.3, 0.4) is 0 Å². The van der Waals surface area contributed by atoms with Crippen molar-refractivity contribution in [2.24, 2.45) is 0 Å². The maximum Gasteiger partial charge on any atom is 0.0976 e. The molecule has 0 aliphatic carbocycles. The third kappa shape index (κ3) is 4.00. The molecule has 0 spiro atoms. The van der Waals surface area contributed by atoms with Gasteiger partial charge in [0.2, 0.25) is 0 Å². The van der Waals surface area contributed by atoms with Crippen LogP contribution in [0.1, 0.15) is 0 Å². The third-order valence-electron chi connectivity index (χ3n) is 2.22. The summed E-state index contributed by atoms with van der Waals surface area (Å²) in [7, 11) is 3.32. The summed E-state index contributed by atoms with van der Waals surface area (Å²) in [6.07, 6.45) is 0.0213. The summed E-state index contributed by atoms with van der Waals surface area (Å²) in [6.45, 7) is 1.22. The average molecular weight is 289 g/mol. The molecule has 3 N–H and O–H groups in total. The summed E-state index contributed by atoms with van der Waals surface area (Å²) in [6, 6.07) is 5.73. The highest BCUT2D eigenvalue weighted by molar-refractivity contribution is 9.10. The molecular weight excluding hydrogens is 272 g/mol. The number of methoxy groups -OCH3 is 2. The molecule has 0 bridgehead atoms. The van der Waals surface area contributed by atoms with Gasteiger partial charge in [-0.3, -0.25) is 0 Å². The van der Waals surface area contributed by atoms with Gasteiger partial charge in [-0.15, -0.1) is 0 Å². The molecule has 1 rings (SSSR count). The summed E-state index contributed by atoms with van der Waals surface area (Å²) < 4.78 is 11.2. The minimum atomic E-state index is 0.0213. The lowest BCUT2D eigenvalue weighted by Gasteiger charge is -2.16. The Kier molecular flexibility index (Phi) is 5.59. The number of ether oxygens (including phenoxy) is 2. The number of hydrogen-bond acceptors (Lipinski definition) is 4. The van der Waals surface area contributed by atoms with Crippen molar-refractivity contribution >= 4 is 27.3 Å². The zero-order valence-electron chi connectivity index (χ0n) is 9.50. The highest BCUT2D eigenvalue weighted by atomic mass is 79.9. The smallest absolute Gasteiger partial charge is 0.0976 e. The van der Waals surface area contributed by atoms with Gasteiger partial charge in [0, 0.05) is 25.2 Å². The zero-order valence-corrected chi connectivity index (χ0v) is 11.1. The molecular formula is C11H17BrN2O2. The van der Waals surface area contributed by atoms with E-state index >= 15 is 0 Å². The molecule has 0 heterocycles. The van der Waals surface area contributed by atoms with Crippen molar-refractivity contribution in [3.63, 3.8) is 0 Å². The second-order valence-corrected chi connectivity index (χ2v) is 4.34. The van der Waals surface area contributed by atoms with E-state index in [2.05, 4.69) is 21.2 Å². The quantitative estimate of drug-likeness (QED) is 0.787. The molecule has 1 aromatic rings. The van der Waals surface area contributed by atoms with Gasteiger partial charge >= 0.3 is 0 Å². The Morgan fingerprint density at radius 2 is 2.19 bits per heavy atom. The maximum absolute atomic E-state index is 5.86. The Hall–Kier alpha value is -0.780. The van der Waals surface area contributed by atoms with E-state index in [9.17, 15) is 0 Å². The molecule has 1 atom stereocenters. The van der Waals surface area contributed by atoms with Crippen LogP contribution in [-0.2, 0) is 9.47 Å². The van der Waals surface area contributed by atoms with Gasteiger partial charge in [-0.2, -0.15) is 0 Å². The molecule has 0 radical (unpaired) electrons. The van der Waals surface area contributed by atoms with E-state index in [0.29, 0.717) is 18.8 Å². The van der Waals surface area contributed by atoms with Crippen molar-refractivity contribution < 1.29 is 9.47 Å². The first kappa shape index (κ1) is 13.3. The molecule has 16 heavy (non-hydrogen) atoms. The second-order valence-electron chi connectivity index (χ2n) is 3.43. The second kappa shape index (κ2) is 6.73. The van der Waals surface area contributed by atoms with Crippen molar-refractivity contribution in [1.29, 1.82) is 0 Å². The van der Waals surface area contributed by atoms with Crippen molar-refractivity contribution in [3.05, 3.63) is 22.7 Å². The van der Waals surface area contributed by atoms with Gasteiger partial charge in [0.15, 0.2) is 0 Å². The van der Waals surface area contributed by atoms with Gasteiger partial charge in [-0.05, 0) is 18.2 Å². The lowest BCUT2D eigenvalue weighted by molar-refractivity contribution is 0.0366. The standard InChI is InChI=1S/C11H17BrN2O2/c1-15-7-9(16-2)6-14-11-4-3-8(12)5-10(11)13/h3-5,9,14H,6-7,13H2,1-2H3. The minimum absolute atomic E-state index is 0.0213. The van der Waals surface area contributed by atoms with E-state index in [1.54, 1.807) is 14.2 Å². The highest BCUT2D eigenvalue weighted by Gasteiger charge is 2.07. The van der Waals surface area contributed by atoms with Gasteiger partial charge in [0.05, 0.1) is 24.1 Å². The fourth-order valence-corrected chi connectivity index (χ4v) is 1.69. The van der Waals surface area contributed by atoms with Gasteiger partial charge < -0.3 is 20.5 Å². The Morgan fingerprint density at radius 1 is 1.44 bits per heavy atom. The molecule has 1 aromatic carbocycles. The number of nitrogens with one attached hydrogen (secondary N) is 1. The topological polar surface area (TPSA) is 56.5 Å². The molecule has 0 fully saturated rings. The maximum atomic E-state index is 5.86. The molecule has 1 unspecified atom stereocenters. The van der Waals surface area contributed by atoms with Crippen LogP contribution in [0.2, 0.25) is 0 Å². The van der Waals surface area contributed by atoms with Crippen LogP contribution in [0, 0.1) is 0 Å². The number of halogens is 1. The van der Waals surface area contributed by atoms with E-state index in [4.69, 9.17) is 15.2 Å². The monoisotopic (exact) mass is 288 g/mol. The van der Waals surface area contributed by atoms with Gasteiger partial charge in [0.1, 0.15) is 0 Å². The number of hydrogen-bond donors (Lipinski definition) is 2. The van der Waals surface area contributed by atoms with E-state index < -0.39 is 0 Å². The van der Waals surface area contributed by atoms with Gasteiger partial charge in [0.25, 0.3) is 0 Å². The summed E-state index contributed by atoms with van der Waals surface area (Å²) in [5, 5.41) is 3.23. The van der Waals surface area contributed by atoms with Crippen molar-refractivity contribution in [1.82, 2.24) is 0 Å². The van der Waals surface area contributed by atoms with Crippen LogP contribution in [0.5, 0.6) is 0 Å². The minimum Gasteiger partial charge on any atom is -0.397 e. The first-order valence-corrected chi connectivity index (χ1v) is 5.77. The van der Waals surface area contributed by atoms with Gasteiger partial charge in [-0.1, -0.05) is 15.9 Å². The Labute approximate surface area is 104 Å². The van der Waals surface area contributed by atoms with E-state index in [0.717, 1.165) is 10.2 Å². The van der Waals surface area contributed by atoms with E-state index in [-0.39, 0.29) is 6.10 Å². The largest absolute Gasteiger partial charge is 0.397 e. The summed E-state index contributed by atoms with van der Waals surface area (Å²) >= 11 is 3.36. The predicted octanol–water partition coefficient (Wildman–Crippen LogP) is 2.10. The van der Waals surface area contributed by atoms with Crippen LogP contribution in [0.15, 0.2) is 22.7 Å². The lowest BCUT2D eigenvalue weighted by Crippen LogP contribution is -2.26. The SMILES string of the molecule is COCC(CNc1ccc(Br)cc1N)OC. The molecule has 90 valence electrons. The molecule has 0 amide bonds. The highest BCUT2D eigenvalue weighted by Crippen LogP contribution is 2.22. The summed E-state index contributed by atoms with van der Waals surface area (Å²) in [4.78, 5) is 0. The number of nitrogens with two attached hydrogens (primary N) is 1. The number of rotatable bonds is 6.